The van der Waals surface area contributed by atoms with Crippen molar-refractivity contribution >= 4 is 18.7 Å². The van der Waals surface area contributed by atoms with Gasteiger partial charge in [-0.2, -0.15) is 11.8 Å². The predicted octanol–water partition coefficient (Wildman–Crippen LogP) is 4.46. The van der Waals surface area contributed by atoms with Crippen LogP contribution in [-0.2, 0) is 5.41 Å². The number of halogens is 3. The highest BCUT2D eigenvalue weighted by Crippen LogP contribution is 2.27. The molecule has 0 amide bonds. The largest absolute Gasteiger partial charge is 0.488 e. The molecule has 0 aliphatic rings. The first-order valence-corrected chi connectivity index (χ1v) is 6.11. The molecule has 5 heteroatoms. The molecule has 0 fully saturated rings. The Hall–Kier alpha value is -0.575. The Labute approximate surface area is 98.7 Å². The second-order valence-electron chi connectivity index (χ2n) is 4.80. The molecule has 1 rings (SSSR count). The van der Waals surface area contributed by atoms with Gasteiger partial charge in [-0.3, -0.25) is 0 Å². The number of hydrogen-bond donors (Lipinski definition) is 0. The molecular formula is C11H15BF3S-. The number of benzene rings is 1. The maximum Gasteiger partial charge on any atom is 0.488 e. The molecule has 0 unspecified atom stereocenters. The van der Waals surface area contributed by atoms with Crippen molar-refractivity contribution in [3.63, 3.8) is 0 Å². The summed E-state index contributed by atoms with van der Waals surface area (Å²) in [6.07, 6.45) is 0. The van der Waals surface area contributed by atoms with Gasteiger partial charge in [0.1, 0.15) is 0 Å². The minimum Gasteiger partial charge on any atom is -0.448 e. The first kappa shape index (κ1) is 13.5. The monoisotopic (exact) mass is 247 g/mol. The molecule has 0 radical (unpaired) electrons. The van der Waals surface area contributed by atoms with Gasteiger partial charge >= 0.3 is 6.98 Å². The van der Waals surface area contributed by atoms with E-state index in [4.69, 9.17) is 0 Å². The van der Waals surface area contributed by atoms with Crippen LogP contribution in [0, 0.1) is 0 Å². The third-order valence-electron chi connectivity index (χ3n) is 2.16. The molecule has 1 aromatic rings. The van der Waals surface area contributed by atoms with E-state index in [1.165, 1.54) is 0 Å². The van der Waals surface area contributed by atoms with Crippen LogP contribution in [0.4, 0.5) is 12.9 Å². The molecule has 0 saturated heterocycles. The lowest BCUT2D eigenvalue weighted by atomic mass is 9.87. The van der Waals surface area contributed by atoms with E-state index in [2.05, 4.69) is 20.8 Å². The summed E-state index contributed by atoms with van der Waals surface area (Å²) in [6, 6.07) is 7.30. The Morgan fingerprint density at radius 2 is 1.56 bits per heavy atom. The van der Waals surface area contributed by atoms with Crippen LogP contribution in [0.1, 0.15) is 26.3 Å². The molecule has 0 saturated carbocycles. The second-order valence-corrected chi connectivity index (χ2v) is 5.89. The molecule has 90 valence electrons. The van der Waals surface area contributed by atoms with Gasteiger partial charge in [-0.1, -0.05) is 32.9 Å². The van der Waals surface area contributed by atoms with Crippen LogP contribution >= 0.6 is 11.8 Å². The first-order valence-electron chi connectivity index (χ1n) is 5.13. The Kier molecular flexibility index (Phi) is 3.99. The second kappa shape index (κ2) is 4.74. The van der Waals surface area contributed by atoms with Crippen molar-refractivity contribution in [1.82, 2.24) is 0 Å². The van der Waals surface area contributed by atoms with E-state index in [1.54, 1.807) is 12.1 Å². The predicted molar refractivity (Wildman–Crippen MR) is 64.9 cm³/mol. The van der Waals surface area contributed by atoms with E-state index in [-0.39, 0.29) is 5.41 Å². The first-order chi connectivity index (χ1) is 7.18. The molecule has 1 aromatic carbocycles. The summed E-state index contributed by atoms with van der Waals surface area (Å²) in [5.41, 5.74) is 0.404. The molecule has 16 heavy (non-hydrogen) atoms. The summed E-state index contributed by atoms with van der Waals surface area (Å²) in [5.74, 6) is 0. The van der Waals surface area contributed by atoms with Crippen molar-refractivity contribution in [2.24, 2.45) is 0 Å². The van der Waals surface area contributed by atoms with Gasteiger partial charge in [0.2, 0.25) is 0 Å². The van der Waals surface area contributed by atoms with E-state index < -0.39 is 12.6 Å². The van der Waals surface area contributed by atoms with Gasteiger partial charge in [0.15, 0.2) is 0 Å². The zero-order valence-corrected chi connectivity index (χ0v) is 10.5. The van der Waals surface area contributed by atoms with Gasteiger partial charge in [-0.15, -0.1) is 0 Å². The average Bonchev–Trinajstić information content (AvgIpc) is 2.13. The Morgan fingerprint density at radius 3 is 1.94 bits per heavy atom. The summed E-state index contributed by atoms with van der Waals surface area (Å²) in [7, 11) is 0. The van der Waals surface area contributed by atoms with Crippen LogP contribution < -0.4 is 0 Å². The number of thioether (sulfide) groups is 1. The minimum atomic E-state index is -4.70. The molecule has 0 atom stereocenters. The number of hydrogen-bond acceptors (Lipinski definition) is 1. The highest BCUT2D eigenvalue weighted by molar-refractivity contribution is 8.00. The van der Waals surface area contributed by atoms with Crippen LogP contribution in [0.2, 0.25) is 0 Å². The maximum atomic E-state index is 12.1. The minimum absolute atomic E-state index is 0.0389. The van der Waals surface area contributed by atoms with Crippen molar-refractivity contribution in [3.8, 4) is 0 Å². The van der Waals surface area contributed by atoms with E-state index in [9.17, 15) is 12.9 Å². The third kappa shape index (κ3) is 4.52. The van der Waals surface area contributed by atoms with Crippen molar-refractivity contribution in [2.75, 3.05) is 5.65 Å². The molecule has 0 bridgehead atoms. The highest BCUT2D eigenvalue weighted by Gasteiger charge is 2.22. The lowest BCUT2D eigenvalue weighted by Gasteiger charge is -2.19. The summed E-state index contributed by atoms with van der Waals surface area (Å²) >= 11 is 0.849. The molecule has 0 spiro atoms. The van der Waals surface area contributed by atoms with Gasteiger partial charge in [0.05, 0.1) is 0 Å². The van der Waals surface area contributed by atoms with Gasteiger partial charge < -0.3 is 12.9 Å². The summed E-state index contributed by atoms with van der Waals surface area (Å²) in [4.78, 5) is 0.673. The van der Waals surface area contributed by atoms with Crippen LogP contribution in [-0.4, -0.2) is 12.6 Å². The SMILES string of the molecule is CC(C)(C)c1ccc(SC[B-](F)(F)F)cc1. The molecule has 0 nitrogen and oxygen atoms in total. The van der Waals surface area contributed by atoms with Gasteiger partial charge in [0.25, 0.3) is 0 Å². The van der Waals surface area contributed by atoms with Gasteiger partial charge in [-0.25, -0.2) is 0 Å². The molecule has 0 aliphatic heterocycles. The third-order valence-corrected chi connectivity index (χ3v) is 3.31. The van der Waals surface area contributed by atoms with E-state index in [0.717, 1.165) is 17.3 Å². The standard InChI is InChI=1S/C11H15BF3S/c1-11(2,3)9-4-6-10(7-5-9)16-8-12(13,14)15/h4-7H,8H2,1-3H3/q-1. The van der Waals surface area contributed by atoms with E-state index in [0.29, 0.717) is 4.90 Å². The lowest BCUT2D eigenvalue weighted by Crippen LogP contribution is -2.18. The van der Waals surface area contributed by atoms with Gasteiger partial charge in [-0.05, 0) is 28.8 Å². The average molecular weight is 247 g/mol. The fourth-order valence-corrected chi connectivity index (χ4v) is 1.95. The van der Waals surface area contributed by atoms with Crippen molar-refractivity contribution in [2.45, 2.75) is 31.1 Å². The van der Waals surface area contributed by atoms with Crippen molar-refractivity contribution in [3.05, 3.63) is 29.8 Å². The highest BCUT2D eigenvalue weighted by atomic mass is 32.2. The normalized spacial score (nSPS) is 12.9. The molecule has 0 aliphatic carbocycles. The van der Waals surface area contributed by atoms with Gasteiger partial charge in [0, 0.05) is 4.90 Å². The fourth-order valence-electron chi connectivity index (χ4n) is 1.24. The summed E-state index contributed by atoms with van der Waals surface area (Å²) in [5, 5.41) is 0. The van der Waals surface area contributed by atoms with Crippen LogP contribution in [0.25, 0.3) is 0 Å². The lowest BCUT2D eigenvalue weighted by molar-refractivity contribution is 0.485. The summed E-state index contributed by atoms with van der Waals surface area (Å²) < 4.78 is 36.2. The molecular weight excluding hydrogens is 232 g/mol. The van der Waals surface area contributed by atoms with Crippen LogP contribution in [0.3, 0.4) is 0 Å². The zero-order valence-electron chi connectivity index (χ0n) is 9.64. The zero-order chi connectivity index (χ0) is 12.4. The molecule has 0 N–H and O–H groups in total. The Balaban J connectivity index is 2.66. The smallest absolute Gasteiger partial charge is 0.448 e. The van der Waals surface area contributed by atoms with Crippen LogP contribution in [0.15, 0.2) is 29.2 Å². The van der Waals surface area contributed by atoms with E-state index >= 15 is 0 Å². The number of rotatable bonds is 3. The Morgan fingerprint density at radius 1 is 1.06 bits per heavy atom. The quantitative estimate of drug-likeness (QED) is 0.561. The summed E-state index contributed by atoms with van der Waals surface area (Å²) in [6.45, 7) is 1.53. The van der Waals surface area contributed by atoms with Crippen molar-refractivity contribution < 1.29 is 12.9 Å². The van der Waals surface area contributed by atoms with E-state index in [1.807, 2.05) is 12.1 Å². The topological polar surface area (TPSA) is 0 Å². The maximum absolute atomic E-state index is 12.1. The molecule has 0 aromatic heterocycles. The molecule has 0 heterocycles. The fraction of sp³-hybridized carbons (Fsp3) is 0.455. The Bertz CT molecular complexity index is 338. The van der Waals surface area contributed by atoms with Crippen LogP contribution in [0.5, 0.6) is 0 Å². The van der Waals surface area contributed by atoms with Crippen molar-refractivity contribution in [1.29, 1.82) is 0 Å².